The van der Waals surface area contributed by atoms with Crippen LogP contribution in [0.1, 0.15) is 5.56 Å². The number of nitrogens with zero attached hydrogens (tertiary/aromatic N) is 2. The highest BCUT2D eigenvalue weighted by atomic mass is 15.3. The van der Waals surface area contributed by atoms with Crippen molar-refractivity contribution in [2.75, 3.05) is 14.1 Å². The van der Waals surface area contributed by atoms with E-state index in [-0.39, 0.29) is 6.04 Å². The first kappa shape index (κ1) is 11.5. The minimum Gasteiger partial charge on any atom is -0.368 e. The molecule has 1 atom stereocenters. The van der Waals surface area contributed by atoms with Crippen LogP contribution < -0.4 is 5.43 Å². The third-order valence-electron chi connectivity index (χ3n) is 2.75. The van der Waals surface area contributed by atoms with E-state index >= 15 is 0 Å². The topological polar surface area (TPSA) is 27.6 Å². The molecule has 0 bridgehead atoms. The zero-order valence-electron chi connectivity index (χ0n) is 10.2. The monoisotopic (exact) mass is 227 g/mol. The van der Waals surface area contributed by atoms with Gasteiger partial charge in [0.25, 0.3) is 0 Å². The molecule has 1 N–H and O–H groups in total. The Labute approximate surface area is 102 Å². The van der Waals surface area contributed by atoms with Gasteiger partial charge in [0.05, 0.1) is 11.8 Å². The molecule has 1 unspecified atom stereocenters. The quantitative estimate of drug-likeness (QED) is 0.631. The summed E-state index contributed by atoms with van der Waals surface area (Å²) in [6, 6.07) is 10.4. The summed E-state index contributed by atoms with van der Waals surface area (Å²) in [5.74, 6) is 0. The summed E-state index contributed by atoms with van der Waals surface area (Å²) in [4.78, 5) is 2.14. The van der Waals surface area contributed by atoms with Crippen molar-refractivity contribution in [1.29, 1.82) is 0 Å². The minimum atomic E-state index is 0.176. The Morgan fingerprint density at radius 2 is 2.00 bits per heavy atom. The molecule has 3 heteroatoms. The van der Waals surface area contributed by atoms with E-state index < -0.39 is 0 Å². The van der Waals surface area contributed by atoms with Crippen molar-refractivity contribution in [3.63, 3.8) is 0 Å². The van der Waals surface area contributed by atoms with Gasteiger partial charge in [-0.2, -0.15) is 5.10 Å². The Balaban J connectivity index is 2.34. The fraction of sp³-hybridized carbons (Fsp3) is 0.214. The van der Waals surface area contributed by atoms with Crippen LogP contribution in [0.2, 0.25) is 0 Å². The molecule has 3 nitrogen and oxygen atoms in total. The molecule has 0 aliphatic carbocycles. The molecular formula is C14H17N3. The van der Waals surface area contributed by atoms with Gasteiger partial charge in [-0.05, 0) is 12.3 Å². The van der Waals surface area contributed by atoms with E-state index in [9.17, 15) is 0 Å². The first-order chi connectivity index (χ1) is 8.33. The number of benzene rings is 1. The first-order valence-corrected chi connectivity index (χ1v) is 5.69. The lowest BCUT2D eigenvalue weighted by Crippen LogP contribution is -2.36. The van der Waals surface area contributed by atoms with Crippen molar-refractivity contribution in [2.24, 2.45) is 5.10 Å². The summed E-state index contributed by atoms with van der Waals surface area (Å²) in [7, 11) is 3.88. The lowest BCUT2D eigenvalue weighted by molar-refractivity contribution is 0.450. The average Bonchev–Trinajstić information content (AvgIpc) is 2.38. The summed E-state index contributed by atoms with van der Waals surface area (Å²) >= 11 is 0. The maximum Gasteiger partial charge on any atom is 0.0938 e. The molecule has 1 aromatic rings. The molecule has 0 fully saturated rings. The number of hydrogen-bond donors (Lipinski definition) is 1. The fourth-order valence-corrected chi connectivity index (χ4v) is 1.90. The number of hydrazone groups is 1. The molecule has 88 valence electrons. The molecule has 0 radical (unpaired) electrons. The van der Waals surface area contributed by atoms with Gasteiger partial charge in [0.2, 0.25) is 0 Å². The van der Waals surface area contributed by atoms with Gasteiger partial charge in [-0.3, -0.25) is 0 Å². The second kappa shape index (κ2) is 5.34. The van der Waals surface area contributed by atoms with Crippen LogP contribution in [0.4, 0.5) is 0 Å². The highest BCUT2D eigenvalue weighted by Crippen LogP contribution is 2.13. The molecule has 1 aliphatic rings. The molecule has 0 saturated heterocycles. The van der Waals surface area contributed by atoms with Gasteiger partial charge in [-0.15, -0.1) is 0 Å². The van der Waals surface area contributed by atoms with E-state index in [4.69, 9.17) is 0 Å². The third kappa shape index (κ3) is 2.56. The number of nitrogens with one attached hydrogen (secondary N) is 1. The predicted molar refractivity (Wildman–Crippen MR) is 71.9 cm³/mol. The highest BCUT2D eigenvalue weighted by Gasteiger charge is 2.19. The van der Waals surface area contributed by atoms with Gasteiger partial charge in [-0.25, -0.2) is 0 Å². The Morgan fingerprint density at radius 3 is 2.65 bits per heavy atom. The molecule has 0 aromatic heterocycles. The number of likely N-dealkylation sites (N-methyl/N-ethyl adjacent to an activating group) is 1. The van der Waals surface area contributed by atoms with Gasteiger partial charge in [0.1, 0.15) is 0 Å². The zero-order valence-corrected chi connectivity index (χ0v) is 10.2. The van der Waals surface area contributed by atoms with Gasteiger partial charge in [-0.1, -0.05) is 42.5 Å². The summed E-state index contributed by atoms with van der Waals surface area (Å²) in [5.41, 5.74) is 5.05. The maximum atomic E-state index is 4.41. The molecule has 1 aliphatic heterocycles. The second-order valence-electron chi connectivity index (χ2n) is 3.92. The van der Waals surface area contributed by atoms with Crippen LogP contribution in [-0.4, -0.2) is 30.7 Å². The zero-order chi connectivity index (χ0) is 12.1. The minimum absolute atomic E-state index is 0.176. The van der Waals surface area contributed by atoms with E-state index in [2.05, 4.69) is 53.0 Å². The van der Waals surface area contributed by atoms with Crippen molar-refractivity contribution >= 4 is 5.71 Å². The normalized spacial score (nSPS) is 19.5. The SMILES string of the molecule is CN/N=C(\c1ccccc1)C1C=CC=CN1C. The molecule has 1 aromatic carbocycles. The Hall–Kier alpha value is -2.03. The van der Waals surface area contributed by atoms with Crippen molar-refractivity contribution in [3.8, 4) is 0 Å². The van der Waals surface area contributed by atoms with Crippen molar-refractivity contribution < 1.29 is 0 Å². The second-order valence-corrected chi connectivity index (χ2v) is 3.92. The van der Waals surface area contributed by atoms with Crippen LogP contribution in [-0.2, 0) is 0 Å². The molecule has 0 saturated carbocycles. The van der Waals surface area contributed by atoms with Crippen LogP contribution in [0.3, 0.4) is 0 Å². The molecule has 17 heavy (non-hydrogen) atoms. The fourth-order valence-electron chi connectivity index (χ4n) is 1.90. The molecule has 0 amide bonds. The molecule has 1 heterocycles. The first-order valence-electron chi connectivity index (χ1n) is 5.69. The molecular weight excluding hydrogens is 210 g/mol. The van der Waals surface area contributed by atoms with E-state index in [1.165, 1.54) is 0 Å². The van der Waals surface area contributed by atoms with Crippen molar-refractivity contribution in [2.45, 2.75) is 6.04 Å². The van der Waals surface area contributed by atoms with Crippen molar-refractivity contribution in [3.05, 3.63) is 60.3 Å². The standard InChI is InChI=1S/C14H17N3/c1-15-16-14(12-8-4-3-5-9-12)13-10-6-7-11-17(13)2/h3-11,13,15H,1-2H3/b16-14+. The third-order valence-corrected chi connectivity index (χ3v) is 2.75. The van der Waals surface area contributed by atoms with Crippen LogP contribution in [0.15, 0.2) is 59.9 Å². The summed E-state index contributed by atoms with van der Waals surface area (Å²) < 4.78 is 0. The average molecular weight is 227 g/mol. The summed E-state index contributed by atoms with van der Waals surface area (Å²) in [5, 5.41) is 4.41. The van der Waals surface area contributed by atoms with Crippen LogP contribution >= 0.6 is 0 Å². The van der Waals surface area contributed by atoms with Crippen LogP contribution in [0.5, 0.6) is 0 Å². The lowest BCUT2D eigenvalue weighted by atomic mass is 10.0. The number of hydrogen-bond acceptors (Lipinski definition) is 3. The van der Waals surface area contributed by atoms with Crippen LogP contribution in [0, 0.1) is 0 Å². The predicted octanol–water partition coefficient (Wildman–Crippen LogP) is 1.99. The largest absolute Gasteiger partial charge is 0.368 e. The van der Waals surface area contributed by atoms with Gasteiger partial charge in [0.15, 0.2) is 0 Å². The number of rotatable bonds is 3. The lowest BCUT2D eigenvalue weighted by Gasteiger charge is -2.27. The van der Waals surface area contributed by atoms with E-state index in [0.717, 1.165) is 11.3 Å². The smallest absolute Gasteiger partial charge is 0.0938 e. The van der Waals surface area contributed by atoms with E-state index in [1.54, 1.807) is 0 Å². The highest BCUT2D eigenvalue weighted by molar-refractivity contribution is 6.05. The van der Waals surface area contributed by atoms with Gasteiger partial charge in [0, 0.05) is 19.7 Å². The van der Waals surface area contributed by atoms with Crippen molar-refractivity contribution in [1.82, 2.24) is 10.3 Å². The summed E-state index contributed by atoms with van der Waals surface area (Å²) in [6.07, 6.45) is 8.28. The summed E-state index contributed by atoms with van der Waals surface area (Å²) in [6.45, 7) is 0. The van der Waals surface area contributed by atoms with E-state index in [1.807, 2.05) is 31.3 Å². The van der Waals surface area contributed by atoms with Crippen LogP contribution in [0.25, 0.3) is 0 Å². The van der Waals surface area contributed by atoms with Gasteiger partial charge < -0.3 is 10.3 Å². The Morgan fingerprint density at radius 1 is 1.24 bits per heavy atom. The number of allylic oxidation sites excluding steroid dienone is 2. The maximum absolute atomic E-state index is 4.41. The molecule has 0 spiro atoms. The Kier molecular flexibility index (Phi) is 3.60. The van der Waals surface area contributed by atoms with Gasteiger partial charge >= 0.3 is 0 Å². The van der Waals surface area contributed by atoms with E-state index in [0.29, 0.717) is 0 Å². The molecule has 2 rings (SSSR count). The Bertz CT molecular complexity index is 446.